The summed E-state index contributed by atoms with van der Waals surface area (Å²) in [6.45, 7) is 0.570. The van der Waals surface area contributed by atoms with Crippen LogP contribution in [-0.2, 0) is 6.42 Å². The van der Waals surface area contributed by atoms with Gasteiger partial charge < -0.3 is 10.6 Å². The van der Waals surface area contributed by atoms with E-state index in [0.29, 0.717) is 28.7 Å². The first kappa shape index (κ1) is 14.8. The molecule has 0 heterocycles. The summed E-state index contributed by atoms with van der Waals surface area (Å²) in [6, 6.07) is 14.0. The summed E-state index contributed by atoms with van der Waals surface area (Å²) in [5, 5.41) is 7.26. The van der Waals surface area contributed by atoms with Gasteiger partial charge in [0.15, 0.2) is 5.11 Å². The van der Waals surface area contributed by atoms with E-state index in [9.17, 15) is 4.39 Å². The van der Waals surface area contributed by atoms with E-state index in [1.165, 1.54) is 6.07 Å². The van der Waals surface area contributed by atoms with E-state index in [1.54, 1.807) is 24.3 Å². The number of rotatable bonds is 4. The van der Waals surface area contributed by atoms with Gasteiger partial charge in [0.2, 0.25) is 0 Å². The Kier molecular flexibility index (Phi) is 5.32. The van der Waals surface area contributed by atoms with Gasteiger partial charge in [-0.3, -0.25) is 0 Å². The van der Waals surface area contributed by atoms with E-state index in [-0.39, 0.29) is 5.82 Å². The molecular weight excluding hydrogens is 295 g/mol. The Morgan fingerprint density at radius 1 is 1.10 bits per heavy atom. The smallest absolute Gasteiger partial charge is 0.170 e. The minimum Gasteiger partial charge on any atom is -0.362 e. The molecule has 0 atom stereocenters. The van der Waals surface area contributed by atoms with Crippen molar-refractivity contribution in [1.29, 1.82) is 0 Å². The summed E-state index contributed by atoms with van der Waals surface area (Å²) >= 11 is 11.0. The highest BCUT2D eigenvalue weighted by atomic mass is 35.5. The fourth-order valence-corrected chi connectivity index (χ4v) is 2.07. The second-order valence-electron chi connectivity index (χ2n) is 4.23. The molecule has 0 radical (unpaired) electrons. The molecule has 0 saturated heterocycles. The van der Waals surface area contributed by atoms with E-state index in [2.05, 4.69) is 10.6 Å². The van der Waals surface area contributed by atoms with Crippen LogP contribution in [0.3, 0.4) is 0 Å². The monoisotopic (exact) mass is 308 g/mol. The quantitative estimate of drug-likeness (QED) is 0.835. The lowest BCUT2D eigenvalue weighted by Crippen LogP contribution is -2.30. The summed E-state index contributed by atoms with van der Waals surface area (Å²) in [4.78, 5) is 0. The van der Waals surface area contributed by atoms with Gasteiger partial charge in [0, 0.05) is 17.3 Å². The van der Waals surface area contributed by atoms with Gasteiger partial charge in [0.1, 0.15) is 5.82 Å². The molecule has 20 heavy (non-hydrogen) atoms. The molecule has 0 saturated carbocycles. The zero-order valence-electron chi connectivity index (χ0n) is 10.7. The Morgan fingerprint density at radius 2 is 1.80 bits per heavy atom. The van der Waals surface area contributed by atoms with Crippen molar-refractivity contribution in [3.63, 3.8) is 0 Å². The van der Waals surface area contributed by atoms with E-state index in [0.717, 1.165) is 5.69 Å². The minimum atomic E-state index is -0.189. The molecular formula is C15H14ClFN2S. The van der Waals surface area contributed by atoms with Crippen LogP contribution in [0, 0.1) is 5.82 Å². The first-order valence-corrected chi connectivity index (χ1v) is 6.97. The van der Waals surface area contributed by atoms with E-state index < -0.39 is 0 Å². The maximum absolute atomic E-state index is 13.4. The molecule has 5 heteroatoms. The molecule has 2 aromatic rings. The number of nitrogens with one attached hydrogen (secondary N) is 2. The van der Waals surface area contributed by atoms with Crippen LogP contribution in [0.4, 0.5) is 10.1 Å². The Labute approximate surface area is 128 Å². The van der Waals surface area contributed by atoms with Crippen LogP contribution >= 0.6 is 23.8 Å². The molecule has 2 aromatic carbocycles. The van der Waals surface area contributed by atoms with Gasteiger partial charge in [-0.05, 0) is 54.5 Å². The van der Waals surface area contributed by atoms with Crippen molar-refractivity contribution < 1.29 is 4.39 Å². The van der Waals surface area contributed by atoms with Crippen molar-refractivity contribution in [3.8, 4) is 0 Å². The Balaban J connectivity index is 1.78. The van der Waals surface area contributed by atoms with Gasteiger partial charge in [-0.15, -0.1) is 0 Å². The Hall–Kier alpha value is -1.65. The van der Waals surface area contributed by atoms with Crippen LogP contribution in [0.25, 0.3) is 0 Å². The maximum atomic E-state index is 13.4. The number of halogens is 2. The largest absolute Gasteiger partial charge is 0.362 e. The molecule has 0 aromatic heterocycles. The molecule has 2 nitrogen and oxygen atoms in total. The molecule has 0 unspecified atom stereocenters. The SMILES string of the molecule is Fc1ccccc1CCNC(=S)Nc1ccc(Cl)cc1. The predicted octanol–water partition coefficient (Wildman–Crippen LogP) is 4.01. The maximum Gasteiger partial charge on any atom is 0.170 e. The van der Waals surface area contributed by atoms with Gasteiger partial charge in [-0.1, -0.05) is 29.8 Å². The van der Waals surface area contributed by atoms with Gasteiger partial charge in [-0.25, -0.2) is 4.39 Å². The highest BCUT2D eigenvalue weighted by molar-refractivity contribution is 7.80. The standard InChI is InChI=1S/C15H14ClFN2S/c16-12-5-7-13(8-6-12)19-15(20)18-10-9-11-3-1-2-4-14(11)17/h1-8H,9-10H2,(H2,18,19,20). The average molecular weight is 309 g/mol. The number of anilines is 1. The number of hydrogen-bond acceptors (Lipinski definition) is 1. The molecule has 104 valence electrons. The van der Waals surface area contributed by atoms with Crippen LogP contribution in [0.2, 0.25) is 5.02 Å². The number of benzene rings is 2. The van der Waals surface area contributed by atoms with Crippen LogP contribution < -0.4 is 10.6 Å². The summed E-state index contributed by atoms with van der Waals surface area (Å²) in [7, 11) is 0. The van der Waals surface area contributed by atoms with Gasteiger partial charge >= 0.3 is 0 Å². The number of hydrogen-bond donors (Lipinski definition) is 2. The molecule has 0 bridgehead atoms. The summed E-state index contributed by atoms with van der Waals surface area (Å²) in [6.07, 6.45) is 0.578. The molecule has 0 spiro atoms. The highest BCUT2D eigenvalue weighted by Crippen LogP contribution is 2.13. The third-order valence-corrected chi connectivity index (χ3v) is 3.24. The Morgan fingerprint density at radius 3 is 2.50 bits per heavy atom. The fraction of sp³-hybridized carbons (Fsp3) is 0.133. The van der Waals surface area contributed by atoms with E-state index in [4.69, 9.17) is 23.8 Å². The second-order valence-corrected chi connectivity index (χ2v) is 5.07. The van der Waals surface area contributed by atoms with Gasteiger partial charge in [0.25, 0.3) is 0 Å². The summed E-state index contributed by atoms with van der Waals surface area (Å²) < 4.78 is 13.4. The lowest BCUT2D eigenvalue weighted by atomic mass is 10.1. The first-order valence-electron chi connectivity index (χ1n) is 6.19. The molecule has 2 N–H and O–H groups in total. The van der Waals surface area contributed by atoms with Crippen molar-refractivity contribution in [1.82, 2.24) is 5.32 Å². The van der Waals surface area contributed by atoms with Crippen LogP contribution in [0.5, 0.6) is 0 Å². The minimum absolute atomic E-state index is 0.189. The van der Waals surface area contributed by atoms with Gasteiger partial charge in [-0.2, -0.15) is 0 Å². The number of thiocarbonyl (C=S) groups is 1. The molecule has 0 aliphatic heterocycles. The highest BCUT2D eigenvalue weighted by Gasteiger charge is 2.01. The van der Waals surface area contributed by atoms with Crippen LogP contribution in [0.1, 0.15) is 5.56 Å². The molecule has 0 aliphatic carbocycles. The van der Waals surface area contributed by atoms with E-state index >= 15 is 0 Å². The Bertz CT molecular complexity index is 587. The van der Waals surface area contributed by atoms with E-state index in [1.807, 2.05) is 18.2 Å². The third-order valence-electron chi connectivity index (χ3n) is 2.74. The zero-order valence-corrected chi connectivity index (χ0v) is 12.3. The van der Waals surface area contributed by atoms with Crippen LogP contribution in [-0.4, -0.2) is 11.7 Å². The van der Waals surface area contributed by atoms with Crippen molar-refractivity contribution >= 4 is 34.6 Å². The van der Waals surface area contributed by atoms with Crippen molar-refractivity contribution in [2.45, 2.75) is 6.42 Å². The summed E-state index contributed by atoms with van der Waals surface area (Å²) in [5.74, 6) is -0.189. The molecule has 0 aliphatic rings. The second kappa shape index (κ2) is 7.22. The van der Waals surface area contributed by atoms with Crippen molar-refractivity contribution in [3.05, 3.63) is 64.9 Å². The normalized spacial score (nSPS) is 10.1. The van der Waals surface area contributed by atoms with Crippen molar-refractivity contribution in [2.24, 2.45) is 0 Å². The lowest BCUT2D eigenvalue weighted by Gasteiger charge is -2.10. The lowest BCUT2D eigenvalue weighted by molar-refractivity contribution is 0.607. The predicted molar refractivity (Wildman–Crippen MR) is 85.8 cm³/mol. The molecule has 0 amide bonds. The van der Waals surface area contributed by atoms with Crippen LogP contribution in [0.15, 0.2) is 48.5 Å². The van der Waals surface area contributed by atoms with Gasteiger partial charge in [0.05, 0.1) is 0 Å². The fourth-order valence-electron chi connectivity index (χ4n) is 1.72. The third kappa shape index (κ3) is 4.47. The first-order chi connectivity index (χ1) is 9.65. The average Bonchev–Trinajstić information content (AvgIpc) is 2.43. The molecule has 0 fully saturated rings. The van der Waals surface area contributed by atoms with Crippen molar-refractivity contribution in [2.75, 3.05) is 11.9 Å². The topological polar surface area (TPSA) is 24.1 Å². The summed E-state index contributed by atoms with van der Waals surface area (Å²) in [5.41, 5.74) is 1.53. The zero-order chi connectivity index (χ0) is 14.4. The molecule has 2 rings (SSSR count).